The number of nitrogens with zero attached hydrogens (tertiary/aromatic N) is 1. The topological polar surface area (TPSA) is 41.6 Å². The largest absolute Gasteiger partial charge is 0.491 e. The Bertz CT molecular complexity index is 492. The van der Waals surface area contributed by atoms with Gasteiger partial charge in [-0.25, -0.2) is 4.79 Å². The monoisotopic (exact) mass is 304 g/mol. The highest BCUT2D eigenvalue weighted by Gasteiger charge is 2.25. The van der Waals surface area contributed by atoms with Crippen molar-refractivity contribution < 1.29 is 9.53 Å². The molecule has 2 rings (SSSR count). The minimum absolute atomic E-state index is 0.0357. The lowest BCUT2D eigenvalue weighted by atomic mass is 9.92. The summed E-state index contributed by atoms with van der Waals surface area (Å²) < 4.78 is 5.68. The van der Waals surface area contributed by atoms with E-state index in [0.717, 1.165) is 24.4 Å². The Morgan fingerprint density at radius 3 is 2.64 bits per heavy atom. The molecule has 1 aliphatic rings. The van der Waals surface area contributed by atoms with Crippen molar-refractivity contribution in [2.45, 2.75) is 46.8 Å². The van der Waals surface area contributed by atoms with Gasteiger partial charge in [-0.05, 0) is 49.8 Å². The Hall–Kier alpha value is -1.71. The van der Waals surface area contributed by atoms with Crippen LogP contribution in [0.5, 0.6) is 5.75 Å². The van der Waals surface area contributed by atoms with Crippen LogP contribution in [0, 0.1) is 11.8 Å². The van der Waals surface area contributed by atoms with Crippen LogP contribution in [-0.4, -0.2) is 30.1 Å². The lowest BCUT2D eigenvalue weighted by Crippen LogP contribution is -2.47. The van der Waals surface area contributed by atoms with Gasteiger partial charge in [0.15, 0.2) is 0 Å². The summed E-state index contributed by atoms with van der Waals surface area (Å²) in [5.41, 5.74) is 1.06. The van der Waals surface area contributed by atoms with Crippen LogP contribution in [0.25, 0.3) is 0 Å². The zero-order valence-corrected chi connectivity index (χ0v) is 14.1. The molecule has 2 unspecified atom stereocenters. The number of rotatable bonds is 4. The first-order chi connectivity index (χ1) is 10.4. The number of hydrogen-bond acceptors (Lipinski definition) is 2. The molecule has 1 aromatic carbocycles. The van der Waals surface area contributed by atoms with Gasteiger partial charge in [-0.2, -0.15) is 0 Å². The van der Waals surface area contributed by atoms with E-state index in [0.29, 0.717) is 18.4 Å². The van der Waals surface area contributed by atoms with Gasteiger partial charge >= 0.3 is 6.03 Å². The molecule has 1 aliphatic heterocycles. The predicted octanol–water partition coefficient (Wildman–Crippen LogP) is 3.66. The van der Waals surface area contributed by atoms with E-state index in [1.807, 2.05) is 43.0 Å². The van der Waals surface area contributed by atoms with E-state index in [2.05, 4.69) is 19.2 Å². The van der Waals surface area contributed by atoms with Crippen LogP contribution < -0.4 is 10.1 Å². The van der Waals surface area contributed by atoms with Gasteiger partial charge in [-0.15, -0.1) is 0 Å². The molecule has 22 heavy (non-hydrogen) atoms. The summed E-state index contributed by atoms with van der Waals surface area (Å²) in [7, 11) is 0. The third-order valence-corrected chi connectivity index (χ3v) is 3.87. The molecule has 2 atom stereocenters. The fraction of sp³-hybridized carbons (Fsp3) is 0.611. The minimum atomic E-state index is 0.0357. The number of urea groups is 1. The van der Waals surface area contributed by atoms with Gasteiger partial charge in [-0.3, -0.25) is 0 Å². The standard InChI is InChI=1S/C18H28N2O2/c1-13(2)22-17-7-5-6-16(9-17)10-19-18(21)20-11-14(3)8-15(4)12-20/h5-7,9,13-15H,8,10-12H2,1-4H3,(H,19,21). The Morgan fingerprint density at radius 2 is 2.00 bits per heavy atom. The Balaban J connectivity index is 1.88. The highest BCUT2D eigenvalue weighted by atomic mass is 16.5. The van der Waals surface area contributed by atoms with Gasteiger partial charge in [0.1, 0.15) is 5.75 Å². The predicted molar refractivity (Wildman–Crippen MR) is 89.0 cm³/mol. The van der Waals surface area contributed by atoms with Crippen LogP contribution in [0.3, 0.4) is 0 Å². The number of likely N-dealkylation sites (tertiary alicyclic amines) is 1. The molecule has 1 N–H and O–H groups in total. The van der Waals surface area contributed by atoms with E-state index in [1.165, 1.54) is 6.42 Å². The Kier molecular flexibility index (Phi) is 5.69. The molecule has 1 fully saturated rings. The van der Waals surface area contributed by atoms with Crippen LogP contribution in [0.2, 0.25) is 0 Å². The van der Waals surface area contributed by atoms with E-state index in [-0.39, 0.29) is 12.1 Å². The van der Waals surface area contributed by atoms with Crippen molar-refractivity contribution in [2.75, 3.05) is 13.1 Å². The number of amides is 2. The maximum absolute atomic E-state index is 12.3. The molecule has 0 saturated carbocycles. The van der Waals surface area contributed by atoms with E-state index < -0.39 is 0 Å². The number of nitrogens with one attached hydrogen (secondary N) is 1. The summed E-state index contributed by atoms with van der Waals surface area (Å²) in [6.07, 6.45) is 1.36. The lowest BCUT2D eigenvalue weighted by Gasteiger charge is -2.34. The maximum Gasteiger partial charge on any atom is 0.317 e. The molecule has 0 radical (unpaired) electrons. The van der Waals surface area contributed by atoms with Crippen molar-refractivity contribution in [1.29, 1.82) is 0 Å². The first-order valence-electron chi connectivity index (χ1n) is 8.22. The smallest absolute Gasteiger partial charge is 0.317 e. The molecular weight excluding hydrogens is 276 g/mol. The molecule has 0 bridgehead atoms. The first-order valence-corrected chi connectivity index (χ1v) is 8.22. The second-order valence-corrected chi connectivity index (χ2v) is 6.82. The molecule has 1 heterocycles. The van der Waals surface area contributed by atoms with Gasteiger partial charge in [0.05, 0.1) is 6.10 Å². The number of hydrogen-bond donors (Lipinski definition) is 1. The zero-order chi connectivity index (χ0) is 16.1. The second kappa shape index (κ2) is 7.52. The average Bonchev–Trinajstić information content (AvgIpc) is 2.43. The van der Waals surface area contributed by atoms with Crippen molar-refractivity contribution in [2.24, 2.45) is 11.8 Å². The highest BCUT2D eigenvalue weighted by molar-refractivity contribution is 5.74. The average molecular weight is 304 g/mol. The number of carbonyl (C=O) groups is 1. The zero-order valence-electron chi connectivity index (χ0n) is 14.1. The van der Waals surface area contributed by atoms with Crippen LogP contribution in [0.15, 0.2) is 24.3 Å². The lowest BCUT2D eigenvalue weighted by molar-refractivity contribution is 0.146. The normalized spacial score (nSPS) is 21.8. The molecule has 0 aliphatic carbocycles. The van der Waals surface area contributed by atoms with E-state index in [9.17, 15) is 4.79 Å². The van der Waals surface area contributed by atoms with Gasteiger partial charge in [0.2, 0.25) is 0 Å². The number of piperidine rings is 1. The van der Waals surface area contributed by atoms with Crippen molar-refractivity contribution in [3.05, 3.63) is 29.8 Å². The second-order valence-electron chi connectivity index (χ2n) is 6.82. The molecule has 0 aromatic heterocycles. The minimum Gasteiger partial charge on any atom is -0.491 e. The van der Waals surface area contributed by atoms with Crippen molar-refractivity contribution >= 4 is 6.03 Å². The summed E-state index contributed by atoms with van der Waals surface area (Å²) in [6.45, 7) is 10.7. The quantitative estimate of drug-likeness (QED) is 0.922. The molecule has 1 aromatic rings. The van der Waals surface area contributed by atoms with Crippen molar-refractivity contribution in [1.82, 2.24) is 10.2 Å². The molecule has 0 spiro atoms. The number of carbonyl (C=O) groups excluding carboxylic acids is 1. The van der Waals surface area contributed by atoms with Crippen LogP contribution in [-0.2, 0) is 6.54 Å². The third kappa shape index (κ3) is 4.93. The summed E-state index contributed by atoms with van der Waals surface area (Å²) >= 11 is 0. The van der Waals surface area contributed by atoms with Crippen LogP contribution >= 0.6 is 0 Å². The fourth-order valence-corrected chi connectivity index (χ4v) is 3.12. The molecule has 1 saturated heterocycles. The molecule has 122 valence electrons. The molecule has 4 heteroatoms. The highest BCUT2D eigenvalue weighted by Crippen LogP contribution is 2.21. The number of benzene rings is 1. The van der Waals surface area contributed by atoms with Gasteiger partial charge in [0.25, 0.3) is 0 Å². The number of ether oxygens (including phenoxy) is 1. The summed E-state index contributed by atoms with van der Waals surface area (Å²) in [5, 5.41) is 3.02. The van der Waals surface area contributed by atoms with E-state index >= 15 is 0 Å². The first kappa shape index (κ1) is 16.7. The fourth-order valence-electron chi connectivity index (χ4n) is 3.12. The molecular formula is C18H28N2O2. The molecule has 4 nitrogen and oxygen atoms in total. The molecule has 2 amide bonds. The maximum atomic E-state index is 12.3. The van der Waals surface area contributed by atoms with Gasteiger partial charge < -0.3 is 15.0 Å². The summed E-state index contributed by atoms with van der Waals surface area (Å²) in [6, 6.07) is 7.94. The van der Waals surface area contributed by atoms with Gasteiger partial charge in [-0.1, -0.05) is 26.0 Å². The van der Waals surface area contributed by atoms with E-state index in [1.54, 1.807) is 0 Å². The van der Waals surface area contributed by atoms with Crippen molar-refractivity contribution in [3.8, 4) is 5.75 Å². The Labute approximate surface area is 133 Å². The van der Waals surface area contributed by atoms with E-state index in [4.69, 9.17) is 4.74 Å². The van der Waals surface area contributed by atoms with Crippen LogP contribution in [0.4, 0.5) is 4.79 Å². The summed E-state index contributed by atoms with van der Waals surface area (Å²) in [5.74, 6) is 2.01. The SMILES string of the molecule is CC1CC(C)CN(C(=O)NCc2cccc(OC(C)C)c2)C1. The summed E-state index contributed by atoms with van der Waals surface area (Å²) in [4.78, 5) is 14.2. The van der Waals surface area contributed by atoms with Crippen LogP contribution in [0.1, 0.15) is 39.7 Å². The van der Waals surface area contributed by atoms with Gasteiger partial charge in [0, 0.05) is 19.6 Å². The Morgan fingerprint density at radius 1 is 1.32 bits per heavy atom. The third-order valence-electron chi connectivity index (χ3n) is 3.87. The van der Waals surface area contributed by atoms with Crippen molar-refractivity contribution in [3.63, 3.8) is 0 Å².